The van der Waals surface area contributed by atoms with Crippen molar-refractivity contribution in [1.82, 2.24) is 15.0 Å². The van der Waals surface area contributed by atoms with E-state index < -0.39 is 17.8 Å². The number of rotatable bonds is 6. The van der Waals surface area contributed by atoms with Gasteiger partial charge in [0.1, 0.15) is 17.5 Å². The van der Waals surface area contributed by atoms with E-state index in [1.165, 1.54) is 25.2 Å². The maximum atomic E-state index is 13.0. The summed E-state index contributed by atoms with van der Waals surface area (Å²) in [6.45, 7) is 0.0120. The molecule has 1 unspecified atom stereocenters. The van der Waals surface area contributed by atoms with Crippen LogP contribution in [0.4, 0.5) is 13.2 Å². The second kappa shape index (κ2) is 8.52. The average Bonchev–Trinajstić information content (AvgIpc) is 3.40. The van der Waals surface area contributed by atoms with Gasteiger partial charge in [-0.05, 0) is 36.2 Å². The van der Waals surface area contributed by atoms with E-state index in [9.17, 15) is 18.0 Å². The first-order chi connectivity index (χ1) is 15.3. The van der Waals surface area contributed by atoms with Gasteiger partial charge in [-0.15, -0.1) is 0 Å². The van der Waals surface area contributed by atoms with Crippen LogP contribution in [-0.4, -0.2) is 35.2 Å². The highest BCUT2D eigenvalue weighted by molar-refractivity contribution is 5.79. The van der Waals surface area contributed by atoms with E-state index in [1.54, 1.807) is 24.3 Å². The third kappa shape index (κ3) is 4.39. The minimum absolute atomic E-state index is 0.0120. The molecule has 0 aliphatic carbocycles. The van der Waals surface area contributed by atoms with Crippen LogP contribution in [0.1, 0.15) is 35.9 Å². The molecule has 1 fully saturated rings. The van der Waals surface area contributed by atoms with Gasteiger partial charge < -0.3 is 18.9 Å². The van der Waals surface area contributed by atoms with Crippen LogP contribution in [0.25, 0.3) is 11.4 Å². The molecule has 1 aliphatic heterocycles. The molecule has 0 saturated carbocycles. The lowest BCUT2D eigenvalue weighted by Gasteiger charge is -2.22. The van der Waals surface area contributed by atoms with Crippen LogP contribution < -0.4 is 9.47 Å². The van der Waals surface area contributed by atoms with Crippen LogP contribution in [0.2, 0.25) is 0 Å². The SMILES string of the molecule is COc1cc(OC)cc(-c2noc(C3CCC(=O)N3Cc3cccc(C(F)(F)F)c3)n2)c1. The summed E-state index contributed by atoms with van der Waals surface area (Å²) >= 11 is 0. The molecule has 2 heterocycles. The quantitative estimate of drug-likeness (QED) is 0.548. The van der Waals surface area contributed by atoms with Gasteiger partial charge in [0, 0.05) is 24.6 Å². The average molecular weight is 447 g/mol. The van der Waals surface area contributed by atoms with Crippen molar-refractivity contribution in [1.29, 1.82) is 0 Å². The molecule has 0 bridgehead atoms. The number of hydrogen-bond donors (Lipinski definition) is 0. The van der Waals surface area contributed by atoms with Crippen molar-refractivity contribution in [2.45, 2.75) is 31.6 Å². The van der Waals surface area contributed by atoms with Crippen LogP contribution >= 0.6 is 0 Å². The Kier molecular flexibility index (Phi) is 5.77. The van der Waals surface area contributed by atoms with Gasteiger partial charge in [-0.1, -0.05) is 17.3 Å². The van der Waals surface area contributed by atoms with E-state index in [4.69, 9.17) is 14.0 Å². The maximum Gasteiger partial charge on any atom is 0.416 e. The summed E-state index contributed by atoms with van der Waals surface area (Å²) in [5.74, 6) is 1.42. The van der Waals surface area contributed by atoms with Crippen molar-refractivity contribution in [3.63, 3.8) is 0 Å². The van der Waals surface area contributed by atoms with Crippen LogP contribution in [0.5, 0.6) is 11.5 Å². The van der Waals surface area contributed by atoms with Crippen LogP contribution in [-0.2, 0) is 17.5 Å². The molecule has 7 nitrogen and oxygen atoms in total. The van der Waals surface area contributed by atoms with E-state index in [2.05, 4.69) is 10.1 Å². The number of ether oxygens (including phenoxy) is 2. The molecule has 2 aromatic carbocycles. The molecule has 168 valence electrons. The number of alkyl halides is 3. The highest BCUT2D eigenvalue weighted by Crippen LogP contribution is 2.36. The smallest absolute Gasteiger partial charge is 0.416 e. The highest BCUT2D eigenvalue weighted by Gasteiger charge is 2.37. The predicted octanol–water partition coefficient (Wildman–Crippen LogP) is 4.64. The molecular formula is C22H20F3N3O4. The Hall–Kier alpha value is -3.56. The van der Waals surface area contributed by atoms with Gasteiger partial charge in [0.15, 0.2) is 0 Å². The number of amides is 1. The zero-order valence-corrected chi connectivity index (χ0v) is 17.3. The van der Waals surface area contributed by atoms with Crippen LogP contribution in [0.3, 0.4) is 0 Å². The number of hydrogen-bond acceptors (Lipinski definition) is 6. The van der Waals surface area contributed by atoms with Gasteiger partial charge >= 0.3 is 6.18 Å². The van der Waals surface area contributed by atoms with E-state index in [0.717, 1.165) is 12.1 Å². The first kappa shape index (κ1) is 21.7. The van der Waals surface area contributed by atoms with E-state index in [0.29, 0.717) is 29.0 Å². The van der Waals surface area contributed by atoms with Crippen LogP contribution in [0, 0.1) is 0 Å². The molecule has 1 amide bonds. The Morgan fingerprint density at radius 1 is 1.12 bits per heavy atom. The van der Waals surface area contributed by atoms with Gasteiger partial charge in [0.25, 0.3) is 0 Å². The molecule has 10 heteroatoms. The fraction of sp³-hybridized carbons (Fsp3) is 0.318. The lowest BCUT2D eigenvalue weighted by atomic mass is 10.1. The largest absolute Gasteiger partial charge is 0.497 e. The molecule has 0 N–H and O–H groups in total. The lowest BCUT2D eigenvalue weighted by Crippen LogP contribution is -2.27. The van der Waals surface area contributed by atoms with Crippen LogP contribution in [0.15, 0.2) is 47.0 Å². The summed E-state index contributed by atoms with van der Waals surface area (Å²) < 4.78 is 55.1. The third-order valence-corrected chi connectivity index (χ3v) is 5.27. The van der Waals surface area contributed by atoms with Crippen molar-refractivity contribution in [3.8, 4) is 22.9 Å². The molecule has 0 radical (unpaired) electrons. The first-order valence-electron chi connectivity index (χ1n) is 9.81. The van der Waals surface area contributed by atoms with E-state index >= 15 is 0 Å². The van der Waals surface area contributed by atoms with Gasteiger partial charge in [0.2, 0.25) is 17.6 Å². The zero-order valence-electron chi connectivity index (χ0n) is 17.3. The Morgan fingerprint density at radius 2 is 1.84 bits per heavy atom. The number of aromatic nitrogens is 2. The second-order valence-electron chi connectivity index (χ2n) is 7.33. The monoisotopic (exact) mass is 447 g/mol. The standard InChI is InChI=1S/C22H20F3N3O4/c1-30-16-9-14(10-17(11-16)31-2)20-26-21(32-27-20)18-6-7-19(29)28(18)12-13-4-3-5-15(8-13)22(23,24)25/h3-5,8-11,18H,6-7,12H2,1-2H3. The topological polar surface area (TPSA) is 77.7 Å². The Labute approximate surface area is 181 Å². The first-order valence-corrected chi connectivity index (χ1v) is 9.81. The summed E-state index contributed by atoms with van der Waals surface area (Å²) in [6, 6.07) is 9.55. The third-order valence-electron chi connectivity index (χ3n) is 5.27. The fourth-order valence-corrected chi connectivity index (χ4v) is 3.66. The molecule has 1 atom stereocenters. The van der Waals surface area contributed by atoms with Gasteiger partial charge in [0.05, 0.1) is 19.8 Å². The lowest BCUT2D eigenvalue weighted by molar-refractivity contribution is -0.137. The van der Waals surface area contributed by atoms with Crippen molar-refractivity contribution in [2.24, 2.45) is 0 Å². The number of methoxy groups -OCH3 is 2. The summed E-state index contributed by atoms with van der Waals surface area (Å²) in [7, 11) is 3.05. The summed E-state index contributed by atoms with van der Waals surface area (Å²) in [4.78, 5) is 18.4. The van der Waals surface area contributed by atoms with Crippen molar-refractivity contribution >= 4 is 5.91 Å². The minimum atomic E-state index is -4.45. The number of benzene rings is 2. The summed E-state index contributed by atoms with van der Waals surface area (Å²) in [5, 5.41) is 4.01. The number of nitrogens with zero attached hydrogens (tertiary/aromatic N) is 3. The number of carbonyl (C=O) groups is 1. The van der Waals surface area contributed by atoms with Crippen molar-refractivity contribution in [3.05, 3.63) is 59.5 Å². The van der Waals surface area contributed by atoms with Gasteiger partial charge in [-0.25, -0.2) is 0 Å². The fourth-order valence-electron chi connectivity index (χ4n) is 3.66. The molecule has 1 saturated heterocycles. The summed E-state index contributed by atoms with van der Waals surface area (Å²) in [5.41, 5.74) is 0.215. The normalized spacial score (nSPS) is 16.5. The Balaban J connectivity index is 1.59. The Bertz CT molecular complexity index is 1110. The van der Waals surface area contributed by atoms with E-state index in [-0.39, 0.29) is 30.6 Å². The minimum Gasteiger partial charge on any atom is -0.497 e. The molecule has 1 aliphatic rings. The highest BCUT2D eigenvalue weighted by atomic mass is 19.4. The van der Waals surface area contributed by atoms with Crippen molar-refractivity contribution < 1.29 is 32.0 Å². The molecule has 0 spiro atoms. The number of likely N-dealkylation sites (tertiary alicyclic amines) is 1. The Morgan fingerprint density at radius 3 is 2.50 bits per heavy atom. The second-order valence-corrected chi connectivity index (χ2v) is 7.33. The molecule has 3 aromatic rings. The number of carbonyl (C=O) groups excluding carboxylic acids is 1. The molecule has 32 heavy (non-hydrogen) atoms. The molecule has 1 aromatic heterocycles. The zero-order chi connectivity index (χ0) is 22.9. The maximum absolute atomic E-state index is 13.0. The predicted molar refractivity (Wildman–Crippen MR) is 107 cm³/mol. The van der Waals surface area contributed by atoms with Crippen molar-refractivity contribution in [2.75, 3.05) is 14.2 Å². The number of halogens is 3. The summed E-state index contributed by atoms with van der Waals surface area (Å²) in [6.07, 6.45) is -3.78. The van der Waals surface area contributed by atoms with Gasteiger partial charge in [-0.3, -0.25) is 4.79 Å². The molecular weight excluding hydrogens is 427 g/mol. The van der Waals surface area contributed by atoms with Gasteiger partial charge in [-0.2, -0.15) is 18.2 Å². The van der Waals surface area contributed by atoms with E-state index in [1.807, 2.05) is 0 Å². The molecule has 4 rings (SSSR count).